The fourth-order valence-corrected chi connectivity index (χ4v) is 1.46. The van der Waals surface area contributed by atoms with Crippen LogP contribution in [0.1, 0.15) is 11.5 Å². The largest absolute Gasteiger partial charge is 0.361 e. The molecule has 6 nitrogen and oxygen atoms in total. The average Bonchev–Trinajstić information content (AvgIpc) is 2.76. The Morgan fingerprint density at radius 3 is 3.00 bits per heavy atom. The number of carbonyl (C=O) groups excluding carboxylic acids is 1. The lowest BCUT2D eigenvalue weighted by molar-refractivity contribution is 0.219. The quantitative estimate of drug-likeness (QED) is 0.899. The van der Waals surface area contributed by atoms with Crippen molar-refractivity contribution in [3.8, 4) is 0 Å². The van der Waals surface area contributed by atoms with Gasteiger partial charge in [-0.1, -0.05) is 5.16 Å². The van der Waals surface area contributed by atoms with Crippen molar-refractivity contribution in [2.75, 3.05) is 12.4 Å². The highest BCUT2D eigenvalue weighted by Gasteiger charge is 2.11. The molecule has 18 heavy (non-hydrogen) atoms. The minimum Gasteiger partial charge on any atom is -0.361 e. The summed E-state index contributed by atoms with van der Waals surface area (Å²) in [5, 5.41) is 6.57. The molecule has 0 unspecified atom stereocenters. The summed E-state index contributed by atoms with van der Waals surface area (Å²) in [5.41, 5.74) is 1.38. The lowest BCUT2D eigenvalue weighted by Crippen LogP contribution is -2.30. The van der Waals surface area contributed by atoms with Crippen molar-refractivity contribution < 1.29 is 9.32 Å². The van der Waals surface area contributed by atoms with Crippen molar-refractivity contribution in [3.05, 3.63) is 42.0 Å². The van der Waals surface area contributed by atoms with E-state index in [0.717, 1.165) is 11.5 Å². The van der Waals surface area contributed by atoms with Gasteiger partial charge in [0.2, 0.25) is 0 Å². The van der Waals surface area contributed by atoms with Crippen LogP contribution in [0.15, 0.2) is 35.1 Å². The zero-order valence-electron chi connectivity index (χ0n) is 10.3. The summed E-state index contributed by atoms with van der Waals surface area (Å²) in [6, 6.07) is 5.12. The molecule has 0 saturated carbocycles. The van der Waals surface area contributed by atoms with Crippen molar-refractivity contribution in [1.29, 1.82) is 0 Å². The van der Waals surface area contributed by atoms with E-state index in [9.17, 15) is 4.79 Å². The second kappa shape index (κ2) is 5.31. The maximum absolute atomic E-state index is 11.9. The first-order valence-corrected chi connectivity index (χ1v) is 5.49. The van der Waals surface area contributed by atoms with Crippen molar-refractivity contribution >= 4 is 11.7 Å². The fourth-order valence-electron chi connectivity index (χ4n) is 1.46. The summed E-state index contributed by atoms with van der Waals surface area (Å²) >= 11 is 0. The van der Waals surface area contributed by atoms with Crippen molar-refractivity contribution in [3.63, 3.8) is 0 Å². The Morgan fingerprint density at radius 2 is 2.39 bits per heavy atom. The second-order valence-corrected chi connectivity index (χ2v) is 3.96. The molecule has 0 spiro atoms. The van der Waals surface area contributed by atoms with Gasteiger partial charge >= 0.3 is 6.03 Å². The van der Waals surface area contributed by atoms with Gasteiger partial charge in [-0.3, -0.25) is 4.98 Å². The number of aromatic nitrogens is 2. The monoisotopic (exact) mass is 246 g/mol. The summed E-state index contributed by atoms with van der Waals surface area (Å²) < 4.78 is 4.95. The maximum Gasteiger partial charge on any atom is 0.321 e. The predicted octanol–water partition coefficient (Wildman–Crippen LogP) is 2.04. The average molecular weight is 246 g/mol. The number of urea groups is 1. The van der Waals surface area contributed by atoms with Crippen molar-refractivity contribution in [1.82, 2.24) is 15.0 Å². The molecule has 0 saturated heterocycles. The van der Waals surface area contributed by atoms with E-state index in [1.165, 1.54) is 4.90 Å². The van der Waals surface area contributed by atoms with Crippen LogP contribution in [0.2, 0.25) is 0 Å². The summed E-state index contributed by atoms with van der Waals surface area (Å²) in [6.07, 6.45) is 3.24. The first-order valence-electron chi connectivity index (χ1n) is 5.49. The fraction of sp³-hybridized carbons (Fsp3) is 0.250. The minimum atomic E-state index is -0.219. The normalized spacial score (nSPS) is 10.1. The predicted molar refractivity (Wildman–Crippen MR) is 66.0 cm³/mol. The second-order valence-electron chi connectivity index (χ2n) is 3.96. The third kappa shape index (κ3) is 3.07. The molecule has 6 heteroatoms. The summed E-state index contributed by atoms with van der Waals surface area (Å²) in [4.78, 5) is 17.3. The molecule has 2 amide bonds. The molecule has 0 radical (unpaired) electrons. The maximum atomic E-state index is 11.9. The number of hydrogen-bond donors (Lipinski definition) is 1. The highest BCUT2D eigenvalue weighted by molar-refractivity contribution is 5.88. The van der Waals surface area contributed by atoms with Crippen LogP contribution in [-0.4, -0.2) is 28.1 Å². The molecular formula is C12H14N4O2. The first-order chi connectivity index (χ1) is 8.65. The molecule has 2 rings (SSSR count). The molecule has 2 aromatic rings. The van der Waals surface area contributed by atoms with Crippen LogP contribution in [0.4, 0.5) is 10.5 Å². The highest BCUT2D eigenvalue weighted by atomic mass is 16.5. The SMILES string of the molecule is Cc1cc(CN(C)C(=O)Nc2cccnc2)no1. The van der Waals surface area contributed by atoms with Crippen LogP contribution >= 0.6 is 0 Å². The minimum absolute atomic E-state index is 0.219. The van der Waals surface area contributed by atoms with Gasteiger partial charge in [0.15, 0.2) is 0 Å². The van der Waals surface area contributed by atoms with E-state index < -0.39 is 0 Å². The van der Waals surface area contributed by atoms with Gasteiger partial charge in [-0.25, -0.2) is 4.79 Å². The van der Waals surface area contributed by atoms with Gasteiger partial charge in [-0.05, 0) is 19.1 Å². The van der Waals surface area contributed by atoms with Crippen LogP contribution in [0.3, 0.4) is 0 Å². The summed E-state index contributed by atoms with van der Waals surface area (Å²) in [7, 11) is 1.69. The van der Waals surface area contributed by atoms with Crippen LogP contribution in [0.5, 0.6) is 0 Å². The Labute approximate surface area is 105 Å². The van der Waals surface area contributed by atoms with Gasteiger partial charge in [0.05, 0.1) is 18.4 Å². The molecule has 1 N–H and O–H groups in total. The molecule has 0 aliphatic carbocycles. The smallest absolute Gasteiger partial charge is 0.321 e. The van der Waals surface area contributed by atoms with Crippen LogP contribution in [0.25, 0.3) is 0 Å². The molecule has 0 aliphatic rings. The van der Waals surface area contributed by atoms with E-state index in [-0.39, 0.29) is 6.03 Å². The van der Waals surface area contributed by atoms with E-state index in [1.54, 1.807) is 37.6 Å². The van der Waals surface area contributed by atoms with Crippen molar-refractivity contribution in [2.24, 2.45) is 0 Å². The summed E-state index contributed by atoms with van der Waals surface area (Å²) in [6.45, 7) is 2.20. The number of anilines is 1. The van der Waals surface area contributed by atoms with E-state index >= 15 is 0 Å². The van der Waals surface area contributed by atoms with Gasteiger partial charge in [0.1, 0.15) is 11.5 Å². The van der Waals surface area contributed by atoms with Gasteiger partial charge < -0.3 is 14.7 Å². The Morgan fingerprint density at radius 1 is 1.56 bits per heavy atom. The number of rotatable bonds is 3. The number of nitrogens with one attached hydrogen (secondary N) is 1. The number of amides is 2. The Bertz CT molecular complexity index is 524. The van der Waals surface area contributed by atoms with Crippen LogP contribution < -0.4 is 5.32 Å². The van der Waals surface area contributed by atoms with Gasteiger partial charge in [0, 0.05) is 19.3 Å². The zero-order chi connectivity index (χ0) is 13.0. The topological polar surface area (TPSA) is 71.3 Å². The lowest BCUT2D eigenvalue weighted by Gasteiger charge is -2.16. The molecule has 0 aliphatic heterocycles. The molecule has 2 heterocycles. The number of carbonyl (C=O) groups is 1. The van der Waals surface area contributed by atoms with Crippen molar-refractivity contribution in [2.45, 2.75) is 13.5 Å². The first kappa shape index (κ1) is 12.1. The number of aryl methyl sites for hydroxylation is 1. The van der Waals surface area contributed by atoms with E-state index in [2.05, 4.69) is 15.5 Å². The van der Waals surface area contributed by atoms with Crippen LogP contribution in [0, 0.1) is 6.92 Å². The number of pyridine rings is 1. The molecular weight excluding hydrogens is 232 g/mol. The van der Waals surface area contributed by atoms with E-state index in [4.69, 9.17) is 4.52 Å². The van der Waals surface area contributed by atoms with Gasteiger partial charge in [0.25, 0.3) is 0 Å². The number of hydrogen-bond acceptors (Lipinski definition) is 4. The molecule has 94 valence electrons. The van der Waals surface area contributed by atoms with Gasteiger partial charge in [-0.15, -0.1) is 0 Å². The Hall–Kier alpha value is -2.37. The third-order valence-corrected chi connectivity index (χ3v) is 2.34. The zero-order valence-corrected chi connectivity index (χ0v) is 10.3. The Kier molecular flexibility index (Phi) is 3.57. The molecule has 2 aromatic heterocycles. The Balaban J connectivity index is 1.93. The van der Waals surface area contributed by atoms with E-state index in [0.29, 0.717) is 12.2 Å². The standard InChI is InChI=1S/C12H14N4O2/c1-9-6-11(15-18-9)8-16(2)12(17)14-10-4-3-5-13-7-10/h3-7H,8H2,1-2H3,(H,14,17). The third-order valence-electron chi connectivity index (χ3n) is 2.34. The van der Waals surface area contributed by atoms with Gasteiger partial charge in [-0.2, -0.15) is 0 Å². The molecule has 0 bridgehead atoms. The molecule has 0 atom stereocenters. The molecule has 0 fully saturated rings. The van der Waals surface area contributed by atoms with E-state index in [1.807, 2.05) is 6.92 Å². The molecule has 0 aromatic carbocycles. The summed E-state index contributed by atoms with van der Waals surface area (Å²) in [5.74, 6) is 0.728. The number of nitrogens with zero attached hydrogens (tertiary/aromatic N) is 3. The van der Waals surface area contributed by atoms with Crippen LogP contribution in [-0.2, 0) is 6.54 Å². The highest BCUT2D eigenvalue weighted by Crippen LogP contribution is 2.07. The lowest BCUT2D eigenvalue weighted by atomic mass is 10.3.